The number of likely N-dealkylation sites (tertiary alicyclic amines) is 1. The van der Waals surface area contributed by atoms with Crippen LogP contribution in [0.3, 0.4) is 0 Å². The maximum Gasteiger partial charge on any atom is 0.251 e. The van der Waals surface area contributed by atoms with Gasteiger partial charge in [-0.2, -0.15) is 0 Å². The van der Waals surface area contributed by atoms with Gasteiger partial charge >= 0.3 is 0 Å². The molecule has 0 spiro atoms. The maximum atomic E-state index is 12.9. The SMILES string of the molecule is C=C(/N=C\C(=C/C)OCC1CCN(C)CC1)c1cccc(C(C)n2cc(/C(=C/C(C)=C(C)C)SC)ccc2=O)c1. The summed E-state index contributed by atoms with van der Waals surface area (Å²) in [6.45, 7) is 17.5. The largest absolute Gasteiger partial charge is 0.492 e. The Balaban J connectivity index is 1.75. The van der Waals surface area contributed by atoms with E-state index in [1.54, 1.807) is 28.6 Å². The Morgan fingerprint density at radius 2 is 1.90 bits per heavy atom. The number of rotatable bonds is 11. The zero-order chi connectivity index (χ0) is 29.2. The number of ether oxygens (including phenoxy) is 1. The van der Waals surface area contributed by atoms with Gasteiger partial charge < -0.3 is 14.2 Å². The van der Waals surface area contributed by atoms with E-state index < -0.39 is 0 Å². The molecule has 1 aliphatic heterocycles. The van der Waals surface area contributed by atoms with Gasteiger partial charge in [0.25, 0.3) is 5.56 Å². The van der Waals surface area contributed by atoms with Crippen LogP contribution in [0, 0.1) is 5.92 Å². The van der Waals surface area contributed by atoms with Crippen molar-refractivity contribution in [1.29, 1.82) is 0 Å². The number of aliphatic imine (C=N–C) groups is 1. The van der Waals surface area contributed by atoms with E-state index in [1.165, 1.54) is 11.1 Å². The zero-order valence-electron chi connectivity index (χ0n) is 25.2. The third-order valence-electron chi connectivity index (χ3n) is 7.65. The lowest BCUT2D eigenvalue weighted by Crippen LogP contribution is -2.31. The van der Waals surface area contributed by atoms with Crippen molar-refractivity contribution in [3.8, 4) is 0 Å². The fraction of sp³-hybridized carbons (Fsp3) is 0.412. The summed E-state index contributed by atoms with van der Waals surface area (Å²) >= 11 is 1.69. The third-order valence-corrected chi connectivity index (χ3v) is 8.45. The molecule has 5 nitrogen and oxygen atoms in total. The fourth-order valence-corrected chi connectivity index (χ4v) is 5.20. The molecule has 1 unspecified atom stereocenters. The molecule has 1 saturated heterocycles. The zero-order valence-corrected chi connectivity index (χ0v) is 26.1. The third kappa shape index (κ3) is 8.70. The lowest BCUT2D eigenvalue weighted by molar-refractivity contribution is 0.126. The number of benzene rings is 1. The van der Waals surface area contributed by atoms with Gasteiger partial charge in [-0.3, -0.25) is 9.79 Å². The number of pyridine rings is 1. The van der Waals surface area contributed by atoms with Crippen molar-refractivity contribution < 1.29 is 4.74 Å². The van der Waals surface area contributed by atoms with Crippen molar-refractivity contribution in [3.05, 3.63) is 105 Å². The molecule has 214 valence electrons. The molecule has 0 aliphatic carbocycles. The molecule has 3 rings (SSSR count). The summed E-state index contributed by atoms with van der Waals surface area (Å²) in [5, 5.41) is 0. The molecule has 0 N–H and O–H groups in total. The summed E-state index contributed by atoms with van der Waals surface area (Å²) in [4.78, 5) is 21.0. The Hall–Kier alpha value is -3.09. The van der Waals surface area contributed by atoms with Crippen molar-refractivity contribution in [2.75, 3.05) is 33.0 Å². The molecule has 0 bridgehead atoms. The van der Waals surface area contributed by atoms with Crippen LogP contribution in [0.25, 0.3) is 10.6 Å². The van der Waals surface area contributed by atoms with E-state index in [9.17, 15) is 4.79 Å². The van der Waals surface area contributed by atoms with Crippen LogP contribution in [0.2, 0.25) is 0 Å². The number of thioether (sulfide) groups is 1. The number of piperidine rings is 1. The van der Waals surface area contributed by atoms with Crippen molar-refractivity contribution in [3.63, 3.8) is 0 Å². The molecule has 6 heteroatoms. The first-order valence-corrected chi connectivity index (χ1v) is 15.3. The molecule has 1 aromatic heterocycles. The van der Waals surface area contributed by atoms with Gasteiger partial charge in [-0.15, -0.1) is 11.8 Å². The van der Waals surface area contributed by atoms with Crippen molar-refractivity contribution >= 4 is 28.6 Å². The van der Waals surface area contributed by atoms with E-state index in [2.05, 4.69) is 69.6 Å². The summed E-state index contributed by atoms with van der Waals surface area (Å²) in [6, 6.07) is 11.5. The topological polar surface area (TPSA) is 46.8 Å². The molecule has 0 saturated carbocycles. The van der Waals surface area contributed by atoms with Crippen molar-refractivity contribution in [2.24, 2.45) is 10.9 Å². The minimum absolute atomic E-state index is 0.0302. The molecule has 1 aromatic carbocycles. The maximum absolute atomic E-state index is 12.9. The number of aromatic nitrogens is 1. The average molecular weight is 560 g/mol. The van der Waals surface area contributed by atoms with Crippen LogP contribution >= 0.6 is 11.8 Å². The Labute approximate surface area is 245 Å². The van der Waals surface area contributed by atoms with E-state index in [1.807, 2.05) is 43.5 Å². The number of nitrogens with zero attached hydrogens (tertiary/aromatic N) is 3. The quantitative estimate of drug-likeness (QED) is 0.160. The highest BCUT2D eigenvalue weighted by Gasteiger charge is 2.17. The predicted octanol–water partition coefficient (Wildman–Crippen LogP) is 7.82. The summed E-state index contributed by atoms with van der Waals surface area (Å²) in [5.41, 5.74) is 6.10. The van der Waals surface area contributed by atoms with Crippen LogP contribution in [0.1, 0.15) is 70.2 Å². The minimum atomic E-state index is -0.152. The highest BCUT2D eigenvalue weighted by Crippen LogP contribution is 2.28. The van der Waals surface area contributed by atoms with Gasteiger partial charge in [0, 0.05) is 22.7 Å². The first-order chi connectivity index (χ1) is 19.1. The van der Waals surface area contributed by atoms with Gasteiger partial charge in [0.1, 0.15) is 5.76 Å². The second-order valence-electron chi connectivity index (χ2n) is 10.8. The fourth-order valence-electron chi connectivity index (χ4n) is 4.55. The summed E-state index contributed by atoms with van der Waals surface area (Å²) in [7, 11) is 2.17. The lowest BCUT2D eigenvalue weighted by atomic mass is 9.98. The standard InChI is InChI=1S/C34H45N3O2S/c1-9-32(39-23-28-15-17-36(7)18-16-28)21-35-26(5)29-11-10-12-30(20-29)27(6)37-22-31(13-14-34(37)38)33(40-8)19-25(4)24(2)3/h9-14,19-22,27-28H,5,15-18,23H2,1-4,6-8H3/b32-9+,33-19-,35-21-. The van der Waals surface area contributed by atoms with E-state index in [0.29, 0.717) is 18.2 Å². The van der Waals surface area contributed by atoms with Gasteiger partial charge in [0.15, 0.2) is 0 Å². The number of hydrogen-bond acceptors (Lipinski definition) is 5. The molecule has 1 atom stereocenters. The van der Waals surface area contributed by atoms with Crippen LogP contribution in [-0.4, -0.2) is 48.7 Å². The van der Waals surface area contributed by atoms with Crippen LogP contribution < -0.4 is 5.56 Å². The van der Waals surface area contributed by atoms with Gasteiger partial charge in [0.05, 0.1) is 24.6 Å². The molecule has 2 aromatic rings. The Kier molecular flexibility index (Phi) is 11.8. The second-order valence-corrected chi connectivity index (χ2v) is 11.7. The summed E-state index contributed by atoms with van der Waals surface area (Å²) in [6.07, 6.45) is 12.3. The van der Waals surface area contributed by atoms with Gasteiger partial charge in [-0.1, -0.05) is 35.9 Å². The Morgan fingerprint density at radius 3 is 2.55 bits per heavy atom. The van der Waals surface area contributed by atoms with Crippen LogP contribution in [0.15, 0.2) is 88.0 Å². The first kappa shape index (κ1) is 31.4. The highest BCUT2D eigenvalue weighted by molar-refractivity contribution is 8.07. The van der Waals surface area contributed by atoms with Crippen LogP contribution in [-0.2, 0) is 4.74 Å². The van der Waals surface area contributed by atoms with E-state index >= 15 is 0 Å². The smallest absolute Gasteiger partial charge is 0.251 e. The summed E-state index contributed by atoms with van der Waals surface area (Å²) < 4.78 is 7.87. The molecule has 1 aliphatic rings. The van der Waals surface area contributed by atoms with E-state index in [0.717, 1.165) is 53.3 Å². The molecular weight excluding hydrogens is 514 g/mol. The van der Waals surface area contributed by atoms with Crippen molar-refractivity contribution in [2.45, 2.75) is 53.5 Å². The van der Waals surface area contributed by atoms with Crippen LogP contribution in [0.4, 0.5) is 0 Å². The summed E-state index contributed by atoms with van der Waals surface area (Å²) in [5.74, 6) is 1.34. The number of allylic oxidation sites excluding steroid dienone is 5. The van der Waals surface area contributed by atoms with E-state index in [-0.39, 0.29) is 11.6 Å². The Bertz CT molecular complexity index is 1350. The van der Waals surface area contributed by atoms with Gasteiger partial charge in [0.2, 0.25) is 0 Å². The normalized spacial score (nSPS) is 16.3. The molecule has 1 fully saturated rings. The monoisotopic (exact) mass is 559 g/mol. The molecular formula is C34H45N3O2S. The predicted molar refractivity (Wildman–Crippen MR) is 174 cm³/mol. The highest BCUT2D eigenvalue weighted by atomic mass is 32.2. The lowest BCUT2D eigenvalue weighted by Gasteiger charge is -2.28. The average Bonchev–Trinajstić information content (AvgIpc) is 2.96. The van der Waals surface area contributed by atoms with E-state index in [4.69, 9.17) is 4.74 Å². The molecule has 2 heterocycles. The van der Waals surface area contributed by atoms with Gasteiger partial charge in [-0.05, 0) is 115 Å². The molecule has 0 radical (unpaired) electrons. The first-order valence-electron chi connectivity index (χ1n) is 14.1. The second kappa shape index (κ2) is 15.1. The van der Waals surface area contributed by atoms with Crippen molar-refractivity contribution in [1.82, 2.24) is 9.47 Å². The molecule has 0 amide bonds. The molecule has 40 heavy (non-hydrogen) atoms. The minimum Gasteiger partial charge on any atom is -0.492 e. The van der Waals surface area contributed by atoms with Crippen LogP contribution in [0.5, 0.6) is 0 Å². The van der Waals surface area contributed by atoms with Gasteiger partial charge in [-0.25, -0.2) is 0 Å². The Morgan fingerprint density at radius 1 is 1.18 bits per heavy atom. The number of hydrogen-bond donors (Lipinski definition) is 0.